The number of amides is 1. The van der Waals surface area contributed by atoms with E-state index in [0.717, 1.165) is 14.0 Å². The topological polar surface area (TPSA) is 248 Å². The lowest BCUT2D eigenvalue weighted by Gasteiger charge is -2.46. The Morgan fingerprint density at radius 1 is 1.03 bits per heavy atom. The third-order valence-corrected chi connectivity index (χ3v) is 5.23. The first kappa shape index (κ1) is 26.7. The molecule has 0 spiro atoms. The molecule has 2 aliphatic heterocycles. The van der Waals surface area contributed by atoms with Gasteiger partial charge >= 0.3 is 16.4 Å². The van der Waals surface area contributed by atoms with Gasteiger partial charge in [0.1, 0.15) is 42.7 Å². The van der Waals surface area contributed by atoms with Crippen molar-refractivity contribution in [2.45, 2.75) is 68.3 Å². The van der Waals surface area contributed by atoms with Gasteiger partial charge in [0.2, 0.25) is 5.91 Å². The van der Waals surface area contributed by atoms with Crippen LogP contribution < -0.4 is 5.32 Å². The largest absolute Gasteiger partial charge is 0.479 e. The highest BCUT2D eigenvalue weighted by Gasteiger charge is 2.53. The van der Waals surface area contributed by atoms with Crippen LogP contribution in [0.25, 0.3) is 0 Å². The summed E-state index contributed by atoms with van der Waals surface area (Å²) >= 11 is 0. The number of hydrogen-bond donors (Lipinski definition) is 7. The Balaban J connectivity index is 2.29. The number of rotatable bonds is 8. The SMILES string of the molecule is CO[C@@H]1C(C(=O)O)O[C@@H](O[C@@H]2C(NC(C)=O)[C@H](O)OC(COS(=O)(=O)O)[C@@H]2O)C(O)[C@H]1O. The molecule has 0 radical (unpaired) electrons. The van der Waals surface area contributed by atoms with Gasteiger partial charge in [-0.25, -0.2) is 8.98 Å². The van der Waals surface area contributed by atoms with Gasteiger partial charge in [-0.15, -0.1) is 0 Å². The predicted molar refractivity (Wildman–Crippen MR) is 96.0 cm³/mol. The summed E-state index contributed by atoms with van der Waals surface area (Å²) < 4.78 is 54.9. The first-order valence-corrected chi connectivity index (χ1v) is 10.5. The van der Waals surface area contributed by atoms with Gasteiger partial charge < -0.3 is 49.8 Å². The number of hydrogen-bond acceptors (Lipinski definition) is 13. The number of methoxy groups -OCH3 is 1. The van der Waals surface area contributed by atoms with Crippen molar-refractivity contribution in [1.29, 1.82) is 0 Å². The van der Waals surface area contributed by atoms with Gasteiger partial charge in [0.05, 0.1) is 6.61 Å². The van der Waals surface area contributed by atoms with E-state index in [4.69, 9.17) is 23.5 Å². The molecule has 4 unspecified atom stereocenters. The van der Waals surface area contributed by atoms with Gasteiger partial charge in [0.15, 0.2) is 18.7 Å². The molecule has 2 aliphatic rings. The quantitative estimate of drug-likeness (QED) is 0.158. The van der Waals surface area contributed by atoms with Gasteiger partial charge in [0.25, 0.3) is 0 Å². The molecule has 16 nitrogen and oxygen atoms in total. The molecule has 7 N–H and O–H groups in total. The molecular weight excluding hydrogens is 466 g/mol. The van der Waals surface area contributed by atoms with Crippen LogP contribution in [0, 0.1) is 0 Å². The van der Waals surface area contributed by atoms with Crippen LogP contribution in [0.15, 0.2) is 0 Å². The molecule has 2 heterocycles. The average Bonchev–Trinajstić information content (AvgIpc) is 2.68. The monoisotopic (exact) mass is 491 g/mol. The fourth-order valence-electron chi connectivity index (χ4n) is 3.34. The summed E-state index contributed by atoms with van der Waals surface area (Å²) in [5, 5.41) is 52.8. The highest BCUT2D eigenvalue weighted by atomic mass is 32.3. The zero-order valence-corrected chi connectivity index (χ0v) is 17.6. The number of carbonyl (C=O) groups excluding carboxylic acids is 1. The number of ether oxygens (including phenoxy) is 4. The van der Waals surface area contributed by atoms with E-state index in [9.17, 15) is 43.5 Å². The second-order valence-corrected chi connectivity index (χ2v) is 8.13. The molecule has 0 bridgehead atoms. The Bertz CT molecular complexity index is 777. The minimum atomic E-state index is -4.94. The highest BCUT2D eigenvalue weighted by Crippen LogP contribution is 2.30. The maximum atomic E-state index is 11.5. The van der Waals surface area contributed by atoms with Gasteiger partial charge in [-0.1, -0.05) is 0 Å². The van der Waals surface area contributed by atoms with Crippen LogP contribution in [0.1, 0.15) is 6.92 Å². The second-order valence-electron chi connectivity index (χ2n) is 7.04. The minimum absolute atomic E-state index is 0.709. The molecule has 1 amide bonds. The van der Waals surface area contributed by atoms with E-state index < -0.39 is 90.2 Å². The normalized spacial score (nSPS) is 40.6. The Hall–Kier alpha value is -1.51. The number of nitrogens with one attached hydrogen (secondary N) is 1. The van der Waals surface area contributed by atoms with Crippen LogP contribution in [0.2, 0.25) is 0 Å². The minimum Gasteiger partial charge on any atom is -0.479 e. The average molecular weight is 491 g/mol. The molecule has 0 aromatic rings. The maximum absolute atomic E-state index is 11.5. The van der Waals surface area contributed by atoms with Crippen LogP contribution in [0.3, 0.4) is 0 Å². The van der Waals surface area contributed by atoms with Crippen LogP contribution in [-0.4, -0.2) is 125 Å². The van der Waals surface area contributed by atoms with Crippen molar-refractivity contribution in [2.75, 3.05) is 13.7 Å². The van der Waals surface area contributed by atoms with Crippen LogP contribution in [-0.2, 0) is 43.1 Å². The summed E-state index contributed by atoms with van der Waals surface area (Å²) in [5.41, 5.74) is 0. The molecule has 17 heteroatoms. The summed E-state index contributed by atoms with van der Waals surface area (Å²) in [6.07, 6.45) is -16.0. The van der Waals surface area contributed by atoms with E-state index in [1.165, 1.54) is 0 Å². The lowest BCUT2D eigenvalue weighted by atomic mass is 9.95. The zero-order chi connectivity index (χ0) is 24.4. The summed E-state index contributed by atoms with van der Waals surface area (Å²) in [6, 6.07) is -1.51. The summed E-state index contributed by atoms with van der Waals surface area (Å²) in [6.45, 7) is 0.0764. The molecule has 0 aromatic heterocycles. The molecular formula is C15H25NO15S. The van der Waals surface area contributed by atoms with Crippen LogP contribution in [0.5, 0.6) is 0 Å². The Morgan fingerprint density at radius 3 is 2.16 bits per heavy atom. The van der Waals surface area contributed by atoms with E-state index in [2.05, 4.69) is 9.50 Å². The highest BCUT2D eigenvalue weighted by molar-refractivity contribution is 7.80. The van der Waals surface area contributed by atoms with Gasteiger partial charge in [-0.2, -0.15) is 8.42 Å². The van der Waals surface area contributed by atoms with Gasteiger partial charge in [0, 0.05) is 14.0 Å². The zero-order valence-electron chi connectivity index (χ0n) is 16.7. The van der Waals surface area contributed by atoms with Gasteiger partial charge in [-0.05, 0) is 0 Å². The maximum Gasteiger partial charge on any atom is 0.397 e. The van der Waals surface area contributed by atoms with Crippen molar-refractivity contribution in [1.82, 2.24) is 5.32 Å². The number of aliphatic hydroxyl groups excluding tert-OH is 4. The Labute approximate surface area is 181 Å². The first-order valence-electron chi connectivity index (χ1n) is 9.10. The summed E-state index contributed by atoms with van der Waals surface area (Å²) in [4.78, 5) is 23.0. The van der Waals surface area contributed by atoms with Crippen molar-refractivity contribution < 1.29 is 71.2 Å². The molecule has 0 saturated carbocycles. The number of carbonyl (C=O) groups is 2. The molecule has 0 aromatic carbocycles. The number of carboxylic acid groups (broad SMARTS) is 1. The van der Waals surface area contributed by atoms with Crippen molar-refractivity contribution in [3.8, 4) is 0 Å². The van der Waals surface area contributed by atoms with Crippen LogP contribution in [0.4, 0.5) is 0 Å². The molecule has 2 fully saturated rings. The Morgan fingerprint density at radius 2 is 1.66 bits per heavy atom. The van der Waals surface area contributed by atoms with E-state index in [-0.39, 0.29) is 0 Å². The standard InChI is InChI=1S/C15H25NO15S/c1-4(17)16-6-10(7(18)5(29-14(6)23)3-28-32(24,25)26)30-15-9(20)8(19)11(27-2)12(31-15)13(21)22/h5-12,14-15,18-20,23H,3H2,1-2H3,(H,16,17)(H,21,22)(H,24,25,26)/t5?,6?,7-,8+,9?,10+,11-,12?,14+,15+/m0/s1. The van der Waals surface area contributed by atoms with Gasteiger partial charge in [-0.3, -0.25) is 9.35 Å². The number of carboxylic acids is 1. The fraction of sp³-hybridized carbons (Fsp3) is 0.867. The van der Waals surface area contributed by atoms with Crippen molar-refractivity contribution >= 4 is 22.3 Å². The lowest BCUT2D eigenvalue weighted by molar-refractivity contribution is -0.337. The second kappa shape index (κ2) is 10.6. The van der Waals surface area contributed by atoms with E-state index in [0.29, 0.717) is 0 Å². The molecule has 32 heavy (non-hydrogen) atoms. The molecule has 2 rings (SSSR count). The van der Waals surface area contributed by atoms with Crippen molar-refractivity contribution in [3.05, 3.63) is 0 Å². The summed E-state index contributed by atoms with van der Waals surface area (Å²) in [5.74, 6) is -2.28. The van der Waals surface area contributed by atoms with E-state index in [1.807, 2.05) is 0 Å². The molecule has 186 valence electrons. The Kier molecular flexibility index (Phi) is 8.87. The fourth-order valence-corrected chi connectivity index (χ4v) is 3.65. The molecule has 2 saturated heterocycles. The van der Waals surface area contributed by atoms with Crippen molar-refractivity contribution in [2.24, 2.45) is 0 Å². The van der Waals surface area contributed by atoms with E-state index >= 15 is 0 Å². The number of aliphatic carboxylic acids is 1. The lowest BCUT2D eigenvalue weighted by Crippen LogP contribution is -2.68. The molecule has 0 aliphatic carbocycles. The first-order chi connectivity index (χ1) is 14.8. The van der Waals surface area contributed by atoms with Crippen molar-refractivity contribution in [3.63, 3.8) is 0 Å². The summed E-state index contributed by atoms with van der Waals surface area (Å²) in [7, 11) is -3.87. The molecule has 10 atom stereocenters. The predicted octanol–water partition coefficient (Wildman–Crippen LogP) is -4.68. The van der Waals surface area contributed by atoms with Crippen LogP contribution >= 0.6 is 0 Å². The number of aliphatic hydroxyl groups is 4. The third-order valence-electron chi connectivity index (χ3n) is 4.80. The van der Waals surface area contributed by atoms with E-state index in [1.54, 1.807) is 0 Å². The third kappa shape index (κ3) is 6.29. The smallest absolute Gasteiger partial charge is 0.397 e.